The summed E-state index contributed by atoms with van der Waals surface area (Å²) in [5, 5.41) is 4.69. The molecule has 1 aromatic carbocycles. The van der Waals surface area contributed by atoms with Crippen molar-refractivity contribution in [2.24, 2.45) is 5.92 Å². The van der Waals surface area contributed by atoms with Crippen LogP contribution >= 0.6 is 23.2 Å². The number of nitrogen functional groups attached to an aromatic ring is 1. The van der Waals surface area contributed by atoms with Crippen LogP contribution in [0, 0.1) is 5.92 Å². The zero-order chi connectivity index (χ0) is 15.7. The lowest BCUT2D eigenvalue weighted by molar-refractivity contribution is 0.614. The molecule has 0 aliphatic heterocycles. The molecule has 1 aliphatic rings. The van der Waals surface area contributed by atoms with Gasteiger partial charge in [0.05, 0.1) is 5.69 Å². The van der Waals surface area contributed by atoms with Crippen LogP contribution < -0.4 is 11.1 Å². The Hall–Kier alpha value is -1.45. The van der Waals surface area contributed by atoms with Gasteiger partial charge in [-0.15, -0.1) is 0 Å². The van der Waals surface area contributed by atoms with Crippen LogP contribution in [0.25, 0.3) is 11.1 Å². The van der Waals surface area contributed by atoms with Crippen molar-refractivity contribution >= 4 is 34.7 Å². The molecule has 0 unspecified atom stereocenters. The zero-order valence-electron chi connectivity index (χ0n) is 12.4. The molecule has 3 rings (SSSR count). The second-order valence-electron chi connectivity index (χ2n) is 5.74. The van der Waals surface area contributed by atoms with E-state index in [9.17, 15) is 0 Å². The molecule has 1 aliphatic carbocycles. The van der Waals surface area contributed by atoms with E-state index in [0.29, 0.717) is 21.8 Å². The SMILES string of the molecule is CC[C@@H](Nc1nccc(-c2ccc(Cl)cc2Cl)c1N)C1CC1. The van der Waals surface area contributed by atoms with E-state index in [4.69, 9.17) is 28.9 Å². The van der Waals surface area contributed by atoms with Gasteiger partial charge in [-0.25, -0.2) is 4.98 Å². The number of nitrogens with zero attached hydrogens (tertiary/aromatic N) is 1. The average Bonchev–Trinajstić information content (AvgIpc) is 3.32. The van der Waals surface area contributed by atoms with Gasteiger partial charge in [0.15, 0.2) is 0 Å². The lowest BCUT2D eigenvalue weighted by atomic mass is 10.0. The summed E-state index contributed by atoms with van der Waals surface area (Å²) in [5.74, 6) is 1.48. The van der Waals surface area contributed by atoms with Crippen molar-refractivity contribution < 1.29 is 0 Å². The number of nitrogens with one attached hydrogen (secondary N) is 1. The summed E-state index contributed by atoms with van der Waals surface area (Å²) in [6.07, 6.45) is 5.40. The smallest absolute Gasteiger partial charge is 0.150 e. The molecule has 0 saturated heterocycles. The van der Waals surface area contributed by atoms with Crippen molar-refractivity contribution in [1.29, 1.82) is 0 Å². The van der Waals surface area contributed by atoms with Crippen LogP contribution in [0.1, 0.15) is 26.2 Å². The molecule has 3 nitrogen and oxygen atoms in total. The van der Waals surface area contributed by atoms with Crippen molar-refractivity contribution in [3.63, 3.8) is 0 Å². The Balaban J connectivity index is 1.94. The topological polar surface area (TPSA) is 50.9 Å². The van der Waals surface area contributed by atoms with Gasteiger partial charge in [-0.1, -0.05) is 36.2 Å². The molecule has 1 saturated carbocycles. The van der Waals surface area contributed by atoms with Crippen LogP contribution in [0.15, 0.2) is 30.5 Å². The summed E-state index contributed by atoms with van der Waals surface area (Å²) >= 11 is 12.3. The Morgan fingerprint density at radius 3 is 2.68 bits per heavy atom. The first-order chi connectivity index (χ1) is 10.6. The van der Waals surface area contributed by atoms with Gasteiger partial charge >= 0.3 is 0 Å². The largest absolute Gasteiger partial charge is 0.395 e. The molecule has 1 heterocycles. The van der Waals surface area contributed by atoms with E-state index >= 15 is 0 Å². The molecule has 2 aromatic rings. The molecule has 1 aromatic heterocycles. The minimum atomic E-state index is 0.436. The van der Waals surface area contributed by atoms with Crippen molar-refractivity contribution in [2.75, 3.05) is 11.1 Å². The van der Waals surface area contributed by atoms with E-state index < -0.39 is 0 Å². The molecule has 1 atom stereocenters. The van der Waals surface area contributed by atoms with Gasteiger partial charge in [0.1, 0.15) is 5.82 Å². The van der Waals surface area contributed by atoms with Crippen LogP contribution in [0.3, 0.4) is 0 Å². The lowest BCUT2D eigenvalue weighted by Gasteiger charge is -2.19. The number of halogens is 2. The molecule has 5 heteroatoms. The fraction of sp³-hybridized carbons (Fsp3) is 0.353. The van der Waals surface area contributed by atoms with Crippen LogP contribution in [-0.4, -0.2) is 11.0 Å². The second kappa shape index (κ2) is 6.35. The van der Waals surface area contributed by atoms with Gasteiger partial charge in [-0.3, -0.25) is 0 Å². The fourth-order valence-corrected chi connectivity index (χ4v) is 3.27. The maximum atomic E-state index is 6.33. The van der Waals surface area contributed by atoms with E-state index in [1.165, 1.54) is 12.8 Å². The van der Waals surface area contributed by atoms with Crippen molar-refractivity contribution in [3.8, 4) is 11.1 Å². The number of aromatic nitrogens is 1. The predicted molar refractivity (Wildman–Crippen MR) is 94.5 cm³/mol. The fourth-order valence-electron chi connectivity index (χ4n) is 2.76. The van der Waals surface area contributed by atoms with E-state index in [1.54, 1.807) is 12.3 Å². The third kappa shape index (κ3) is 3.16. The molecule has 22 heavy (non-hydrogen) atoms. The monoisotopic (exact) mass is 335 g/mol. The van der Waals surface area contributed by atoms with Crippen LogP contribution in [0.2, 0.25) is 10.0 Å². The molecule has 3 N–H and O–H groups in total. The number of anilines is 2. The summed E-state index contributed by atoms with van der Waals surface area (Å²) in [4.78, 5) is 4.40. The standard InChI is InChI=1S/C17H19Cl2N3/c1-2-15(10-3-4-10)22-17-16(20)13(7-8-21-17)12-6-5-11(18)9-14(12)19/h5-10,15H,2-4,20H2,1H3,(H,21,22)/t15-/m1/s1. The molecule has 1 fully saturated rings. The van der Waals surface area contributed by atoms with Gasteiger partial charge in [-0.05, 0) is 43.4 Å². The van der Waals surface area contributed by atoms with Crippen molar-refractivity contribution in [3.05, 3.63) is 40.5 Å². The first-order valence-electron chi connectivity index (χ1n) is 7.56. The van der Waals surface area contributed by atoms with Crippen molar-refractivity contribution in [2.45, 2.75) is 32.2 Å². The Bertz CT molecular complexity index is 684. The third-order valence-corrected chi connectivity index (χ3v) is 4.71. The number of rotatable bonds is 5. The quantitative estimate of drug-likeness (QED) is 0.785. The number of nitrogens with two attached hydrogens (primary N) is 1. The minimum Gasteiger partial charge on any atom is -0.395 e. The van der Waals surface area contributed by atoms with Gasteiger partial charge in [0.2, 0.25) is 0 Å². The summed E-state index contributed by atoms with van der Waals surface area (Å²) < 4.78 is 0. The normalized spacial score (nSPS) is 15.6. The molecule has 116 valence electrons. The number of pyridine rings is 1. The second-order valence-corrected chi connectivity index (χ2v) is 6.59. The first kappa shape index (κ1) is 15.4. The Morgan fingerprint density at radius 2 is 2.05 bits per heavy atom. The molecule has 0 spiro atoms. The predicted octanol–water partition coefficient (Wildman–Crippen LogP) is 5.24. The maximum absolute atomic E-state index is 6.33. The summed E-state index contributed by atoms with van der Waals surface area (Å²) in [5.41, 5.74) is 8.71. The van der Waals surface area contributed by atoms with Gasteiger partial charge < -0.3 is 11.1 Å². The van der Waals surface area contributed by atoms with Crippen LogP contribution in [0.4, 0.5) is 11.5 Å². The number of hydrogen-bond acceptors (Lipinski definition) is 3. The molecule has 0 bridgehead atoms. The summed E-state index contributed by atoms with van der Waals surface area (Å²) in [6, 6.07) is 7.75. The van der Waals surface area contributed by atoms with E-state index in [-0.39, 0.29) is 0 Å². The Labute approximate surface area is 140 Å². The minimum absolute atomic E-state index is 0.436. The molecular formula is C17H19Cl2N3. The van der Waals surface area contributed by atoms with Crippen LogP contribution in [-0.2, 0) is 0 Å². The maximum Gasteiger partial charge on any atom is 0.150 e. The molecular weight excluding hydrogens is 317 g/mol. The van der Waals surface area contributed by atoms with Crippen LogP contribution in [0.5, 0.6) is 0 Å². The summed E-state index contributed by atoms with van der Waals surface area (Å²) in [7, 11) is 0. The highest BCUT2D eigenvalue weighted by atomic mass is 35.5. The Morgan fingerprint density at radius 1 is 1.27 bits per heavy atom. The van der Waals surface area contributed by atoms with Gasteiger partial charge in [0.25, 0.3) is 0 Å². The molecule has 0 amide bonds. The third-order valence-electron chi connectivity index (χ3n) is 4.16. The highest BCUT2D eigenvalue weighted by molar-refractivity contribution is 6.36. The highest BCUT2D eigenvalue weighted by Crippen LogP contribution is 2.39. The number of hydrogen-bond donors (Lipinski definition) is 2. The highest BCUT2D eigenvalue weighted by Gasteiger charge is 2.30. The van der Waals surface area contributed by atoms with E-state index in [2.05, 4.69) is 17.2 Å². The zero-order valence-corrected chi connectivity index (χ0v) is 14.0. The average molecular weight is 336 g/mol. The van der Waals surface area contributed by atoms with Gasteiger partial charge in [0, 0.05) is 33.4 Å². The molecule has 0 radical (unpaired) electrons. The number of benzene rings is 1. The summed E-state index contributed by atoms with van der Waals surface area (Å²) in [6.45, 7) is 2.19. The lowest BCUT2D eigenvalue weighted by Crippen LogP contribution is -2.22. The first-order valence-corrected chi connectivity index (χ1v) is 8.32. The van der Waals surface area contributed by atoms with Gasteiger partial charge in [-0.2, -0.15) is 0 Å². The van der Waals surface area contributed by atoms with E-state index in [0.717, 1.165) is 29.3 Å². The Kier molecular flexibility index (Phi) is 4.46. The van der Waals surface area contributed by atoms with Crippen molar-refractivity contribution in [1.82, 2.24) is 4.98 Å². The van der Waals surface area contributed by atoms with E-state index in [1.807, 2.05) is 18.2 Å².